The van der Waals surface area contributed by atoms with Gasteiger partial charge in [0.05, 0.1) is 12.6 Å². The van der Waals surface area contributed by atoms with Crippen LogP contribution in [0.15, 0.2) is 48.5 Å². The number of hydrogen-bond donors (Lipinski definition) is 2. The van der Waals surface area contributed by atoms with Gasteiger partial charge in [-0.25, -0.2) is 0 Å². The predicted molar refractivity (Wildman–Crippen MR) is 108 cm³/mol. The van der Waals surface area contributed by atoms with Crippen molar-refractivity contribution < 1.29 is 14.3 Å². The molecule has 0 aliphatic heterocycles. The van der Waals surface area contributed by atoms with Crippen molar-refractivity contribution in [3.63, 3.8) is 0 Å². The van der Waals surface area contributed by atoms with Crippen LogP contribution in [0.1, 0.15) is 26.3 Å². The molecule has 2 aromatic carbocycles. The Morgan fingerprint density at radius 2 is 1.67 bits per heavy atom. The number of hydrogen-bond acceptors (Lipinski definition) is 4. The van der Waals surface area contributed by atoms with Gasteiger partial charge in [-0.05, 0) is 55.8 Å². The molecular formula is C21H27N3O3. The minimum absolute atomic E-state index is 0.0419. The first-order valence-corrected chi connectivity index (χ1v) is 8.95. The molecule has 0 aliphatic carbocycles. The van der Waals surface area contributed by atoms with Gasteiger partial charge in [0.1, 0.15) is 5.75 Å². The number of rotatable bonds is 8. The van der Waals surface area contributed by atoms with E-state index < -0.39 is 0 Å². The summed E-state index contributed by atoms with van der Waals surface area (Å²) in [4.78, 5) is 24.9. The van der Waals surface area contributed by atoms with E-state index in [2.05, 4.69) is 10.6 Å². The Kier molecular flexibility index (Phi) is 7.37. The number of anilines is 2. The number of nitrogens with zero attached hydrogens (tertiary/aromatic N) is 1. The maximum Gasteiger partial charge on any atom is 0.238 e. The van der Waals surface area contributed by atoms with E-state index in [1.165, 1.54) is 6.92 Å². The summed E-state index contributed by atoms with van der Waals surface area (Å²) in [6, 6.07) is 15.0. The highest BCUT2D eigenvalue weighted by molar-refractivity contribution is 5.93. The first-order chi connectivity index (χ1) is 12.8. The topological polar surface area (TPSA) is 70.7 Å². The third-order valence-electron chi connectivity index (χ3n) is 3.92. The van der Waals surface area contributed by atoms with E-state index >= 15 is 0 Å². The van der Waals surface area contributed by atoms with Crippen LogP contribution in [0.25, 0.3) is 0 Å². The normalized spacial score (nSPS) is 10.6. The summed E-state index contributed by atoms with van der Waals surface area (Å²) < 4.78 is 5.61. The van der Waals surface area contributed by atoms with E-state index in [1.807, 2.05) is 38.1 Å². The zero-order chi connectivity index (χ0) is 19.8. The van der Waals surface area contributed by atoms with Crippen LogP contribution in [-0.4, -0.2) is 31.5 Å². The van der Waals surface area contributed by atoms with Gasteiger partial charge < -0.3 is 20.3 Å². The van der Waals surface area contributed by atoms with Crippen LogP contribution < -0.4 is 20.3 Å². The van der Waals surface area contributed by atoms with E-state index in [0.29, 0.717) is 12.2 Å². The average Bonchev–Trinajstić information content (AvgIpc) is 2.62. The van der Waals surface area contributed by atoms with Gasteiger partial charge in [-0.3, -0.25) is 9.59 Å². The molecule has 0 radical (unpaired) electrons. The predicted octanol–water partition coefficient (Wildman–Crippen LogP) is 3.18. The first-order valence-electron chi connectivity index (χ1n) is 8.95. The van der Waals surface area contributed by atoms with Crippen LogP contribution in [0.3, 0.4) is 0 Å². The zero-order valence-corrected chi connectivity index (χ0v) is 16.3. The van der Waals surface area contributed by atoms with Crippen LogP contribution in [0, 0.1) is 0 Å². The Labute approximate surface area is 160 Å². The zero-order valence-electron chi connectivity index (χ0n) is 16.3. The van der Waals surface area contributed by atoms with E-state index in [0.717, 1.165) is 17.0 Å². The van der Waals surface area contributed by atoms with Crippen molar-refractivity contribution in [2.45, 2.75) is 33.4 Å². The Morgan fingerprint density at radius 3 is 2.22 bits per heavy atom. The van der Waals surface area contributed by atoms with Gasteiger partial charge in [0, 0.05) is 31.9 Å². The Morgan fingerprint density at radius 1 is 1.04 bits per heavy atom. The highest BCUT2D eigenvalue weighted by atomic mass is 16.5. The van der Waals surface area contributed by atoms with E-state index in [1.54, 1.807) is 36.2 Å². The van der Waals surface area contributed by atoms with Crippen LogP contribution >= 0.6 is 0 Å². The van der Waals surface area contributed by atoms with Crippen molar-refractivity contribution in [1.29, 1.82) is 0 Å². The summed E-state index contributed by atoms with van der Waals surface area (Å²) >= 11 is 0. The number of amides is 2. The molecule has 2 aromatic rings. The molecular weight excluding hydrogens is 342 g/mol. The fraction of sp³-hybridized carbons (Fsp3) is 0.333. The van der Waals surface area contributed by atoms with Crippen LogP contribution in [0.5, 0.6) is 5.75 Å². The quantitative estimate of drug-likeness (QED) is 0.750. The van der Waals surface area contributed by atoms with Gasteiger partial charge in [-0.2, -0.15) is 0 Å². The fourth-order valence-electron chi connectivity index (χ4n) is 2.43. The summed E-state index contributed by atoms with van der Waals surface area (Å²) in [6.07, 6.45) is 0.148. The molecule has 2 amide bonds. The van der Waals surface area contributed by atoms with E-state index in [-0.39, 0.29) is 24.5 Å². The second kappa shape index (κ2) is 9.73. The fourth-order valence-corrected chi connectivity index (χ4v) is 2.43. The van der Waals surface area contributed by atoms with Crippen molar-refractivity contribution in [2.24, 2.45) is 0 Å². The molecule has 6 heteroatoms. The number of nitrogens with one attached hydrogen (secondary N) is 2. The molecule has 0 spiro atoms. The monoisotopic (exact) mass is 369 g/mol. The molecule has 0 heterocycles. The van der Waals surface area contributed by atoms with Gasteiger partial charge >= 0.3 is 0 Å². The number of carbonyl (C=O) groups excluding carboxylic acids is 2. The van der Waals surface area contributed by atoms with Crippen molar-refractivity contribution in [3.8, 4) is 5.75 Å². The summed E-state index contributed by atoms with van der Waals surface area (Å²) in [7, 11) is 1.71. The van der Waals surface area contributed by atoms with Gasteiger partial charge in [-0.1, -0.05) is 12.1 Å². The lowest BCUT2D eigenvalue weighted by Gasteiger charge is -2.15. The Bertz CT molecular complexity index is 755. The largest absolute Gasteiger partial charge is 0.491 e. The number of carbonyl (C=O) groups is 2. The summed E-state index contributed by atoms with van der Waals surface area (Å²) in [5, 5.41) is 5.95. The second-order valence-electron chi connectivity index (χ2n) is 6.59. The molecule has 0 fully saturated rings. The molecule has 0 saturated carbocycles. The lowest BCUT2D eigenvalue weighted by Crippen LogP contribution is -2.27. The van der Waals surface area contributed by atoms with Crippen molar-refractivity contribution in [2.75, 3.05) is 23.8 Å². The molecule has 0 atom stereocenters. The van der Waals surface area contributed by atoms with Crippen molar-refractivity contribution in [3.05, 3.63) is 54.1 Å². The highest BCUT2D eigenvalue weighted by Crippen LogP contribution is 2.17. The van der Waals surface area contributed by atoms with Gasteiger partial charge in [0.25, 0.3) is 0 Å². The smallest absolute Gasteiger partial charge is 0.238 e. The van der Waals surface area contributed by atoms with E-state index in [9.17, 15) is 9.59 Å². The Hall–Kier alpha value is -2.86. The van der Waals surface area contributed by atoms with Crippen LogP contribution in [0.2, 0.25) is 0 Å². The molecule has 0 unspecified atom stereocenters. The lowest BCUT2D eigenvalue weighted by atomic mass is 10.2. The minimum Gasteiger partial charge on any atom is -0.491 e. The molecule has 0 aromatic heterocycles. The summed E-state index contributed by atoms with van der Waals surface area (Å²) in [5.74, 6) is 0.674. The molecule has 0 saturated heterocycles. The Balaban J connectivity index is 1.76. The van der Waals surface area contributed by atoms with Gasteiger partial charge in [0.2, 0.25) is 11.8 Å². The van der Waals surface area contributed by atoms with E-state index in [4.69, 9.17) is 4.74 Å². The summed E-state index contributed by atoms with van der Waals surface area (Å²) in [5.41, 5.74) is 2.55. The van der Waals surface area contributed by atoms with Crippen molar-refractivity contribution >= 4 is 23.2 Å². The maximum atomic E-state index is 12.0. The standard InChI is InChI=1S/C21H27N3O3/c1-15(2)27-20-11-5-17(6-12-20)13-22-14-21(26)23-18-7-9-19(10-8-18)24(4)16(3)25/h5-12,15,22H,13-14H2,1-4H3,(H,23,26). The van der Waals surface area contributed by atoms with Gasteiger partial charge in [0.15, 0.2) is 0 Å². The average molecular weight is 369 g/mol. The molecule has 6 nitrogen and oxygen atoms in total. The molecule has 27 heavy (non-hydrogen) atoms. The maximum absolute atomic E-state index is 12.0. The SMILES string of the molecule is CC(=O)N(C)c1ccc(NC(=O)CNCc2ccc(OC(C)C)cc2)cc1. The summed E-state index contributed by atoms with van der Waals surface area (Å²) in [6.45, 7) is 6.29. The highest BCUT2D eigenvalue weighted by Gasteiger charge is 2.06. The minimum atomic E-state index is -0.123. The second-order valence-corrected chi connectivity index (χ2v) is 6.59. The molecule has 2 N–H and O–H groups in total. The van der Waals surface area contributed by atoms with Crippen LogP contribution in [-0.2, 0) is 16.1 Å². The molecule has 144 valence electrons. The molecule has 0 bridgehead atoms. The first kappa shape index (κ1) is 20.5. The third kappa shape index (κ3) is 6.75. The van der Waals surface area contributed by atoms with Gasteiger partial charge in [-0.15, -0.1) is 0 Å². The molecule has 2 rings (SSSR count). The molecule has 0 aliphatic rings. The number of benzene rings is 2. The number of ether oxygens (including phenoxy) is 1. The lowest BCUT2D eigenvalue weighted by molar-refractivity contribution is -0.116. The third-order valence-corrected chi connectivity index (χ3v) is 3.92. The van der Waals surface area contributed by atoms with Crippen LogP contribution in [0.4, 0.5) is 11.4 Å². The van der Waals surface area contributed by atoms with Crippen molar-refractivity contribution in [1.82, 2.24) is 5.32 Å².